The molecule has 1 aromatic carbocycles. The quantitative estimate of drug-likeness (QED) is 0.802. The van der Waals surface area contributed by atoms with Gasteiger partial charge in [-0.2, -0.15) is 0 Å². The van der Waals surface area contributed by atoms with Crippen molar-refractivity contribution in [3.05, 3.63) is 53.9 Å². The summed E-state index contributed by atoms with van der Waals surface area (Å²) in [7, 11) is 1.28. The van der Waals surface area contributed by atoms with Crippen molar-refractivity contribution in [2.45, 2.75) is 31.5 Å². The highest BCUT2D eigenvalue weighted by Gasteiger charge is 2.42. The van der Waals surface area contributed by atoms with Crippen molar-refractivity contribution in [1.82, 2.24) is 9.88 Å². The first-order chi connectivity index (χ1) is 14.0. The van der Waals surface area contributed by atoms with Gasteiger partial charge in [-0.1, -0.05) is 6.07 Å². The molecule has 29 heavy (non-hydrogen) atoms. The maximum atomic E-state index is 14.2. The topological polar surface area (TPSA) is 54.8 Å². The van der Waals surface area contributed by atoms with Crippen molar-refractivity contribution in [3.63, 3.8) is 0 Å². The van der Waals surface area contributed by atoms with Gasteiger partial charge in [0.25, 0.3) is 0 Å². The molecule has 0 unspecified atom stereocenters. The van der Waals surface area contributed by atoms with E-state index in [0.717, 1.165) is 38.2 Å². The molecule has 5 nitrogen and oxygen atoms in total. The Hall–Kier alpha value is -2.25. The first-order valence-electron chi connectivity index (χ1n) is 10.0. The summed E-state index contributed by atoms with van der Waals surface area (Å²) >= 11 is 0. The summed E-state index contributed by atoms with van der Waals surface area (Å²) in [5.74, 6) is -0.951. The standard InChI is InChI=1S/C22H26F2N2O3/c1-28-20-9-18(24)21(10-17(20)23)29-22-8-16-13-26(12-15(16)7-19(22)27)6-4-14-3-2-5-25-11-14/h2-3,5,9-11,15-16,19,22,27H,4,6-8,12-13H2,1H3/t15-,16+,19+,22+/m0/s1. The zero-order chi connectivity index (χ0) is 20.4. The third kappa shape index (κ3) is 4.51. The third-order valence-corrected chi connectivity index (χ3v) is 6.08. The van der Waals surface area contributed by atoms with Crippen LogP contribution in [0.15, 0.2) is 36.7 Å². The molecule has 2 heterocycles. The van der Waals surface area contributed by atoms with Gasteiger partial charge in [0.1, 0.15) is 6.10 Å². The molecule has 7 heteroatoms. The van der Waals surface area contributed by atoms with Crippen LogP contribution in [0.25, 0.3) is 0 Å². The summed E-state index contributed by atoms with van der Waals surface area (Å²) in [6, 6.07) is 5.98. The van der Waals surface area contributed by atoms with Gasteiger partial charge in [-0.25, -0.2) is 8.78 Å². The highest BCUT2D eigenvalue weighted by molar-refractivity contribution is 5.35. The Labute approximate surface area is 169 Å². The summed E-state index contributed by atoms with van der Waals surface area (Å²) < 4.78 is 38.6. The Bertz CT molecular complexity index is 836. The van der Waals surface area contributed by atoms with Crippen molar-refractivity contribution < 1.29 is 23.4 Å². The second-order valence-corrected chi connectivity index (χ2v) is 8.00. The van der Waals surface area contributed by atoms with E-state index in [2.05, 4.69) is 16.0 Å². The van der Waals surface area contributed by atoms with Crippen LogP contribution in [0, 0.1) is 23.5 Å². The fourth-order valence-corrected chi connectivity index (χ4v) is 4.55. The number of halogens is 2. The van der Waals surface area contributed by atoms with Crippen molar-refractivity contribution >= 4 is 0 Å². The van der Waals surface area contributed by atoms with Crippen LogP contribution in [-0.4, -0.2) is 53.9 Å². The number of ether oxygens (including phenoxy) is 2. The van der Waals surface area contributed by atoms with E-state index in [0.29, 0.717) is 24.7 Å². The van der Waals surface area contributed by atoms with Crippen LogP contribution in [0.1, 0.15) is 18.4 Å². The van der Waals surface area contributed by atoms with Gasteiger partial charge in [0, 0.05) is 44.2 Å². The molecule has 0 amide bonds. The first-order valence-corrected chi connectivity index (χ1v) is 10.0. The molecule has 2 fully saturated rings. The Morgan fingerprint density at radius 2 is 1.86 bits per heavy atom. The van der Waals surface area contributed by atoms with Crippen molar-refractivity contribution in [1.29, 1.82) is 0 Å². The molecular weight excluding hydrogens is 378 g/mol. The SMILES string of the molecule is COc1cc(F)c(O[C@@H]2C[C@@H]3CN(CCc4cccnc4)C[C@@H]3C[C@H]2O)cc1F. The second kappa shape index (κ2) is 8.63. The Balaban J connectivity index is 1.36. The monoisotopic (exact) mass is 404 g/mol. The molecule has 1 N–H and O–H groups in total. The molecule has 4 atom stereocenters. The fraction of sp³-hybridized carbons (Fsp3) is 0.500. The maximum absolute atomic E-state index is 14.2. The summed E-state index contributed by atoms with van der Waals surface area (Å²) in [6.45, 7) is 2.82. The van der Waals surface area contributed by atoms with Crippen LogP contribution in [0.3, 0.4) is 0 Å². The number of fused-ring (bicyclic) bond motifs is 1. The van der Waals surface area contributed by atoms with E-state index in [1.54, 1.807) is 6.20 Å². The minimum absolute atomic E-state index is 0.167. The smallest absolute Gasteiger partial charge is 0.168 e. The number of hydrogen-bond donors (Lipinski definition) is 1. The van der Waals surface area contributed by atoms with Gasteiger partial charge in [0.2, 0.25) is 0 Å². The lowest BCUT2D eigenvalue weighted by atomic mass is 9.78. The zero-order valence-electron chi connectivity index (χ0n) is 16.4. The lowest BCUT2D eigenvalue weighted by Crippen LogP contribution is -2.42. The number of aliphatic hydroxyl groups is 1. The first kappa shape index (κ1) is 20.0. The molecule has 0 radical (unpaired) electrons. The average Bonchev–Trinajstić information content (AvgIpc) is 3.11. The lowest BCUT2D eigenvalue weighted by Gasteiger charge is -2.35. The van der Waals surface area contributed by atoms with E-state index < -0.39 is 23.8 Å². The molecule has 0 spiro atoms. The zero-order valence-corrected chi connectivity index (χ0v) is 16.4. The number of hydrogen-bond acceptors (Lipinski definition) is 5. The molecule has 4 rings (SSSR count). The predicted octanol–water partition coefficient (Wildman–Crippen LogP) is 3.06. The van der Waals surface area contributed by atoms with E-state index in [9.17, 15) is 13.9 Å². The van der Waals surface area contributed by atoms with Crippen molar-refractivity contribution in [2.75, 3.05) is 26.7 Å². The third-order valence-electron chi connectivity index (χ3n) is 6.08. The average molecular weight is 404 g/mol. The number of nitrogens with zero attached hydrogens (tertiary/aromatic N) is 2. The lowest BCUT2D eigenvalue weighted by molar-refractivity contribution is -0.0248. The van der Waals surface area contributed by atoms with Gasteiger partial charge in [0.05, 0.1) is 13.2 Å². The minimum Gasteiger partial charge on any atom is -0.494 e. The predicted molar refractivity (Wildman–Crippen MR) is 104 cm³/mol. The molecular formula is C22H26F2N2O3. The van der Waals surface area contributed by atoms with E-state index in [1.807, 2.05) is 12.3 Å². The van der Waals surface area contributed by atoms with Crippen LogP contribution in [-0.2, 0) is 6.42 Å². The molecule has 2 aromatic rings. The number of likely N-dealkylation sites (tertiary alicyclic amines) is 1. The molecule has 1 aliphatic heterocycles. The summed E-state index contributed by atoms with van der Waals surface area (Å²) in [5.41, 5.74) is 1.21. The molecule has 0 bridgehead atoms. The highest BCUT2D eigenvalue weighted by Crippen LogP contribution is 2.38. The number of benzene rings is 1. The number of aromatic nitrogens is 1. The van der Waals surface area contributed by atoms with Gasteiger partial charge < -0.3 is 19.5 Å². The van der Waals surface area contributed by atoms with Crippen LogP contribution >= 0.6 is 0 Å². The molecule has 1 aromatic heterocycles. The number of pyridine rings is 1. The maximum Gasteiger partial charge on any atom is 0.168 e. The van der Waals surface area contributed by atoms with Gasteiger partial charge in [-0.05, 0) is 42.7 Å². The van der Waals surface area contributed by atoms with E-state index in [1.165, 1.54) is 12.7 Å². The second-order valence-electron chi connectivity index (χ2n) is 8.00. The Morgan fingerprint density at radius 1 is 1.14 bits per heavy atom. The van der Waals surface area contributed by atoms with E-state index in [4.69, 9.17) is 9.47 Å². The van der Waals surface area contributed by atoms with Gasteiger partial charge >= 0.3 is 0 Å². The number of aliphatic hydroxyl groups excluding tert-OH is 1. The fourth-order valence-electron chi connectivity index (χ4n) is 4.55. The van der Waals surface area contributed by atoms with E-state index in [-0.39, 0.29) is 11.5 Å². The highest BCUT2D eigenvalue weighted by atomic mass is 19.1. The van der Waals surface area contributed by atoms with Crippen LogP contribution in [0.2, 0.25) is 0 Å². The largest absolute Gasteiger partial charge is 0.494 e. The minimum atomic E-state index is -0.695. The van der Waals surface area contributed by atoms with Crippen molar-refractivity contribution in [2.24, 2.45) is 11.8 Å². The molecule has 1 aliphatic carbocycles. The molecule has 2 aliphatic rings. The van der Waals surface area contributed by atoms with Gasteiger partial charge in [0.15, 0.2) is 23.1 Å². The Kier molecular flexibility index (Phi) is 5.96. The summed E-state index contributed by atoms with van der Waals surface area (Å²) in [4.78, 5) is 6.56. The Morgan fingerprint density at radius 3 is 2.59 bits per heavy atom. The molecule has 1 saturated carbocycles. The van der Waals surface area contributed by atoms with Crippen LogP contribution in [0.5, 0.6) is 11.5 Å². The number of rotatable bonds is 6. The number of methoxy groups -OCH3 is 1. The van der Waals surface area contributed by atoms with E-state index >= 15 is 0 Å². The van der Waals surface area contributed by atoms with Crippen molar-refractivity contribution in [3.8, 4) is 11.5 Å². The van der Waals surface area contributed by atoms with Gasteiger partial charge in [-0.15, -0.1) is 0 Å². The summed E-state index contributed by atoms with van der Waals surface area (Å²) in [5, 5.41) is 10.5. The van der Waals surface area contributed by atoms with Gasteiger partial charge in [-0.3, -0.25) is 4.98 Å². The summed E-state index contributed by atoms with van der Waals surface area (Å²) in [6.07, 6.45) is 4.59. The normalized spacial score (nSPS) is 26.9. The van der Waals surface area contributed by atoms with Crippen LogP contribution in [0.4, 0.5) is 8.78 Å². The van der Waals surface area contributed by atoms with Crippen LogP contribution < -0.4 is 9.47 Å². The molecule has 1 saturated heterocycles. The molecule has 156 valence electrons.